The average Bonchev–Trinajstić information content (AvgIpc) is 2.79. The van der Waals surface area contributed by atoms with E-state index in [2.05, 4.69) is 6.58 Å². The molecule has 0 amide bonds. The largest absolute Gasteiger partial charge is 0.390 e. The zero-order chi connectivity index (χ0) is 19.4. The van der Waals surface area contributed by atoms with Crippen LogP contribution in [0.3, 0.4) is 0 Å². The van der Waals surface area contributed by atoms with Crippen LogP contribution in [0, 0.1) is 16.2 Å². The van der Waals surface area contributed by atoms with Gasteiger partial charge >= 0.3 is 0 Å². The third kappa shape index (κ3) is 1.53. The second-order valence-electron chi connectivity index (χ2n) is 9.55. The fourth-order valence-corrected chi connectivity index (χ4v) is 6.32. The fourth-order valence-electron chi connectivity index (χ4n) is 6.32. The van der Waals surface area contributed by atoms with Gasteiger partial charge in [-0.05, 0) is 19.3 Å². The highest BCUT2D eigenvalue weighted by Crippen LogP contribution is 2.72. The Bertz CT molecular complexity index is 743. The van der Waals surface area contributed by atoms with Crippen molar-refractivity contribution in [1.82, 2.24) is 0 Å². The van der Waals surface area contributed by atoms with Crippen LogP contribution in [0.25, 0.3) is 0 Å². The number of ketones is 1. The van der Waals surface area contributed by atoms with Crippen LogP contribution >= 0.6 is 0 Å². The smallest absolute Gasteiger partial charge is 0.262 e. The number of aliphatic hydroxyl groups is 4. The van der Waals surface area contributed by atoms with Gasteiger partial charge in [-0.1, -0.05) is 39.3 Å². The SMILES string of the molecule is C=C[C@]1(C)C=C2C(=O)[C@@]3(O)OC[C@@]4(CCCC(C)(C)C43O)C2(O)C(O)C1. The summed E-state index contributed by atoms with van der Waals surface area (Å²) in [6.07, 6.45) is 3.67. The van der Waals surface area contributed by atoms with Crippen molar-refractivity contribution in [3.8, 4) is 0 Å². The van der Waals surface area contributed by atoms with Crippen molar-refractivity contribution in [1.29, 1.82) is 0 Å². The van der Waals surface area contributed by atoms with Gasteiger partial charge in [0.1, 0.15) is 11.2 Å². The highest BCUT2D eigenvalue weighted by molar-refractivity contribution is 6.06. The average molecular weight is 364 g/mol. The van der Waals surface area contributed by atoms with Crippen molar-refractivity contribution in [3.63, 3.8) is 0 Å². The molecule has 144 valence electrons. The molecule has 2 saturated carbocycles. The number of carbonyl (C=O) groups is 1. The van der Waals surface area contributed by atoms with Gasteiger partial charge in [0, 0.05) is 16.4 Å². The Kier molecular flexibility index (Phi) is 3.29. The van der Waals surface area contributed by atoms with Crippen molar-refractivity contribution < 1.29 is 30.0 Å². The first kappa shape index (κ1) is 18.3. The van der Waals surface area contributed by atoms with Gasteiger partial charge in [0.2, 0.25) is 5.78 Å². The van der Waals surface area contributed by atoms with Crippen molar-refractivity contribution >= 4 is 5.78 Å². The standard InChI is InChI=1S/C20H28O6/c1-5-16(4)9-12-14(22)19(24)20(25)15(2,3)7-6-8-17(20,11-26-19)18(12,23)13(21)10-16/h5,9,13,21,23-25H,1,6-8,10-11H2,2-4H3/t13?,16-,17+,18?,19-,20?/m1/s1. The van der Waals surface area contributed by atoms with E-state index in [1.165, 1.54) is 0 Å². The molecular weight excluding hydrogens is 336 g/mol. The Labute approximate surface area is 153 Å². The zero-order valence-electron chi connectivity index (χ0n) is 15.6. The van der Waals surface area contributed by atoms with E-state index in [0.717, 1.165) is 0 Å². The van der Waals surface area contributed by atoms with E-state index in [1.54, 1.807) is 32.9 Å². The Morgan fingerprint density at radius 1 is 1.23 bits per heavy atom. The van der Waals surface area contributed by atoms with Crippen molar-refractivity contribution in [3.05, 3.63) is 24.3 Å². The summed E-state index contributed by atoms with van der Waals surface area (Å²) in [4.78, 5) is 13.3. The quantitative estimate of drug-likeness (QED) is 0.514. The molecule has 3 fully saturated rings. The van der Waals surface area contributed by atoms with Gasteiger partial charge in [0.25, 0.3) is 5.79 Å². The molecule has 6 atom stereocenters. The summed E-state index contributed by atoms with van der Waals surface area (Å²) in [5, 5.41) is 46.0. The third-order valence-corrected chi connectivity index (χ3v) is 7.84. The van der Waals surface area contributed by atoms with Crippen LogP contribution in [0.5, 0.6) is 0 Å². The first-order chi connectivity index (χ1) is 11.9. The molecule has 0 aromatic carbocycles. The number of aliphatic hydroxyl groups excluding tert-OH is 1. The molecule has 3 aliphatic carbocycles. The molecule has 1 heterocycles. The number of ether oxygens (including phenoxy) is 1. The minimum absolute atomic E-state index is 0.0685. The second-order valence-corrected chi connectivity index (χ2v) is 9.55. The molecular formula is C20H28O6. The molecule has 0 aromatic rings. The highest BCUT2D eigenvalue weighted by atomic mass is 16.7. The Morgan fingerprint density at radius 3 is 2.50 bits per heavy atom. The van der Waals surface area contributed by atoms with Gasteiger partial charge < -0.3 is 25.2 Å². The van der Waals surface area contributed by atoms with Crippen LogP contribution in [0.1, 0.15) is 46.5 Å². The molecule has 0 radical (unpaired) electrons. The monoisotopic (exact) mass is 364 g/mol. The lowest BCUT2D eigenvalue weighted by atomic mass is 9.39. The van der Waals surface area contributed by atoms with E-state index in [0.29, 0.717) is 19.3 Å². The van der Waals surface area contributed by atoms with Gasteiger partial charge in [0.05, 0.1) is 18.1 Å². The normalized spacial score (nSPS) is 55.0. The predicted molar refractivity (Wildman–Crippen MR) is 92.9 cm³/mol. The number of hydrogen-bond donors (Lipinski definition) is 4. The van der Waals surface area contributed by atoms with Crippen molar-refractivity contribution in [2.45, 2.75) is 69.5 Å². The van der Waals surface area contributed by atoms with Gasteiger partial charge in [0.15, 0.2) is 0 Å². The summed E-state index contributed by atoms with van der Waals surface area (Å²) in [7, 11) is 0. The van der Waals surface area contributed by atoms with E-state index in [-0.39, 0.29) is 18.6 Å². The molecule has 4 rings (SSSR count). The molecule has 0 spiro atoms. The topological polar surface area (TPSA) is 107 Å². The van der Waals surface area contributed by atoms with E-state index < -0.39 is 45.1 Å². The summed E-state index contributed by atoms with van der Waals surface area (Å²) in [6.45, 7) is 8.93. The molecule has 26 heavy (non-hydrogen) atoms. The van der Waals surface area contributed by atoms with Crippen LogP contribution in [-0.2, 0) is 9.53 Å². The summed E-state index contributed by atoms with van der Waals surface area (Å²) in [5.74, 6) is -3.30. The lowest BCUT2D eigenvalue weighted by Crippen LogP contribution is -2.83. The van der Waals surface area contributed by atoms with E-state index in [4.69, 9.17) is 4.74 Å². The van der Waals surface area contributed by atoms with Crippen LogP contribution in [0.2, 0.25) is 0 Å². The molecule has 6 heteroatoms. The van der Waals surface area contributed by atoms with Crippen molar-refractivity contribution in [2.24, 2.45) is 16.2 Å². The summed E-state index contributed by atoms with van der Waals surface area (Å²) >= 11 is 0. The minimum atomic E-state index is -2.44. The van der Waals surface area contributed by atoms with Crippen LogP contribution in [-0.4, -0.2) is 55.9 Å². The number of allylic oxidation sites excluding steroid dienone is 2. The van der Waals surface area contributed by atoms with Crippen LogP contribution in [0.4, 0.5) is 0 Å². The number of hydrogen-bond acceptors (Lipinski definition) is 6. The number of rotatable bonds is 1. The Hall–Kier alpha value is -1.05. The number of Topliss-reactive ketones (excluding diaryl/α,β-unsaturated/α-hetero) is 1. The maximum absolute atomic E-state index is 13.3. The van der Waals surface area contributed by atoms with Gasteiger partial charge in [-0.15, -0.1) is 6.58 Å². The minimum Gasteiger partial charge on any atom is -0.390 e. The maximum Gasteiger partial charge on any atom is 0.262 e. The Morgan fingerprint density at radius 2 is 1.88 bits per heavy atom. The third-order valence-electron chi connectivity index (χ3n) is 7.84. The lowest BCUT2D eigenvalue weighted by Gasteiger charge is -2.66. The molecule has 3 unspecified atom stereocenters. The second kappa shape index (κ2) is 4.67. The summed E-state index contributed by atoms with van der Waals surface area (Å²) < 4.78 is 5.58. The van der Waals surface area contributed by atoms with Gasteiger partial charge in [-0.3, -0.25) is 4.79 Å². The van der Waals surface area contributed by atoms with Gasteiger partial charge in [-0.2, -0.15) is 0 Å². The lowest BCUT2D eigenvalue weighted by molar-refractivity contribution is -0.327. The molecule has 4 N–H and O–H groups in total. The number of carbonyl (C=O) groups excluding carboxylic acids is 1. The molecule has 2 bridgehead atoms. The fraction of sp³-hybridized carbons (Fsp3) is 0.750. The van der Waals surface area contributed by atoms with E-state index in [1.807, 2.05) is 0 Å². The van der Waals surface area contributed by atoms with Crippen LogP contribution in [0.15, 0.2) is 24.3 Å². The maximum atomic E-state index is 13.3. The number of fused-ring (bicyclic) bond motifs is 1. The molecule has 1 saturated heterocycles. The predicted octanol–water partition coefficient (Wildman–Crippen LogP) is 0.830. The van der Waals surface area contributed by atoms with E-state index >= 15 is 0 Å². The molecule has 4 aliphatic rings. The molecule has 1 aliphatic heterocycles. The highest BCUT2D eigenvalue weighted by Gasteiger charge is 2.88. The van der Waals surface area contributed by atoms with Crippen molar-refractivity contribution in [2.75, 3.05) is 6.61 Å². The zero-order valence-corrected chi connectivity index (χ0v) is 15.6. The Balaban J connectivity index is 2.07. The summed E-state index contributed by atoms with van der Waals surface area (Å²) in [5.41, 5.74) is -7.01. The summed E-state index contributed by atoms with van der Waals surface area (Å²) in [6, 6.07) is 0. The molecule has 6 nitrogen and oxygen atoms in total. The first-order valence-electron chi connectivity index (χ1n) is 9.26. The first-order valence-corrected chi connectivity index (χ1v) is 9.26. The van der Waals surface area contributed by atoms with E-state index in [9.17, 15) is 25.2 Å². The van der Waals surface area contributed by atoms with Gasteiger partial charge in [-0.25, -0.2) is 0 Å². The van der Waals surface area contributed by atoms with Crippen LogP contribution < -0.4 is 0 Å². The molecule has 0 aromatic heterocycles.